The predicted octanol–water partition coefficient (Wildman–Crippen LogP) is 0.479. The van der Waals surface area contributed by atoms with Crippen LogP contribution in [0, 0.1) is 0 Å². The van der Waals surface area contributed by atoms with Crippen LogP contribution in [-0.4, -0.2) is 185 Å². The molecule has 0 aliphatic carbocycles. The summed E-state index contributed by atoms with van der Waals surface area (Å²) in [6, 6.07) is 0. The fourth-order valence-corrected chi connectivity index (χ4v) is 3.05. The number of hydrogen-bond acceptors (Lipinski definition) is 12. The molecule has 0 atom stereocenters. The molecule has 0 aliphatic rings. The summed E-state index contributed by atoms with van der Waals surface area (Å²) in [4.78, 5) is 0. The number of methoxy groups -OCH3 is 3. The van der Waals surface area contributed by atoms with Crippen molar-refractivity contribution < 1.29 is 61.3 Å². The molecule has 0 saturated carbocycles. The van der Waals surface area contributed by atoms with E-state index in [1.807, 2.05) is 0 Å². The summed E-state index contributed by atoms with van der Waals surface area (Å²) in [7, 11) is 7.09. The Balaban J connectivity index is 4.06. The number of ether oxygens (including phenoxy) is 12. The normalized spacial score (nSPS) is 12.0. The fraction of sp³-hybridized carbons (Fsp3) is 1.00. The third-order valence-electron chi connectivity index (χ3n) is 5.48. The highest BCUT2D eigenvalue weighted by Gasteiger charge is 2.21. The lowest BCUT2D eigenvalue weighted by Gasteiger charge is -2.33. The second kappa shape index (κ2) is 33.0. The van der Waals surface area contributed by atoms with Crippen molar-refractivity contribution in [1.29, 1.82) is 0 Å². The highest BCUT2D eigenvalue weighted by molar-refractivity contribution is 4.41. The summed E-state index contributed by atoms with van der Waals surface area (Å²) in [6.07, 6.45) is 0. The van der Waals surface area contributed by atoms with E-state index in [1.54, 1.807) is 21.3 Å². The molecular formula is C27H58NO12+. The molecule has 242 valence electrons. The Morgan fingerprint density at radius 1 is 0.300 bits per heavy atom. The van der Waals surface area contributed by atoms with Crippen LogP contribution in [0.3, 0.4) is 0 Å². The van der Waals surface area contributed by atoms with Crippen LogP contribution in [0.4, 0.5) is 0 Å². The van der Waals surface area contributed by atoms with Gasteiger partial charge in [-0.05, 0) is 0 Å². The van der Waals surface area contributed by atoms with Crippen molar-refractivity contribution in [1.82, 2.24) is 0 Å². The van der Waals surface area contributed by atoms with Crippen molar-refractivity contribution >= 4 is 0 Å². The Bertz CT molecular complexity index is 453. The van der Waals surface area contributed by atoms with Crippen LogP contribution in [0.2, 0.25) is 0 Å². The third-order valence-corrected chi connectivity index (χ3v) is 5.48. The molecule has 13 heteroatoms. The molecule has 0 N–H and O–H groups in total. The summed E-state index contributed by atoms with van der Waals surface area (Å²) >= 11 is 0. The van der Waals surface area contributed by atoms with Crippen molar-refractivity contribution in [3.05, 3.63) is 0 Å². The highest BCUT2D eigenvalue weighted by Crippen LogP contribution is 2.04. The van der Waals surface area contributed by atoms with Gasteiger partial charge in [-0.2, -0.15) is 0 Å². The average Bonchev–Trinajstić information content (AvgIpc) is 2.95. The van der Waals surface area contributed by atoms with Crippen LogP contribution in [0.15, 0.2) is 0 Å². The number of rotatable bonds is 35. The van der Waals surface area contributed by atoms with Gasteiger partial charge < -0.3 is 56.8 Å². The molecule has 0 unspecified atom stereocenters. The van der Waals surface area contributed by atoms with Crippen LogP contribution >= 0.6 is 0 Å². The van der Waals surface area contributed by atoms with Gasteiger partial charge in [0.25, 0.3) is 0 Å². The summed E-state index contributed by atoms with van der Waals surface area (Å²) in [6.45, 7) is 13.2. The largest absolute Gasteiger partial charge is 0.382 e. The van der Waals surface area contributed by atoms with Crippen molar-refractivity contribution in [2.45, 2.75) is 0 Å². The molecule has 0 amide bonds. The maximum atomic E-state index is 5.93. The Kier molecular flexibility index (Phi) is 32.6. The zero-order chi connectivity index (χ0) is 29.2. The van der Waals surface area contributed by atoms with E-state index < -0.39 is 0 Å². The van der Waals surface area contributed by atoms with Gasteiger partial charge in [0, 0.05) is 21.3 Å². The van der Waals surface area contributed by atoms with E-state index >= 15 is 0 Å². The Morgan fingerprint density at radius 3 is 0.800 bits per heavy atom. The first-order valence-corrected chi connectivity index (χ1v) is 14.2. The zero-order valence-electron chi connectivity index (χ0n) is 25.6. The van der Waals surface area contributed by atoms with Crippen molar-refractivity contribution in [3.63, 3.8) is 0 Å². The fourth-order valence-electron chi connectivity index (χ4n) is 3.05. The average molecular weight is 589 g/mol. The Morgan fingerprint density at radius 2 is 0.525 bits per heavy atom. The van der Waals surface area contributed by atoms with Crippen LogP contribution in [0.1, 0.15) is 0 Å². The molecule has 0 fully saturated rings. The number of likely N-dealkylation sites (N-methyl/N-ethyl adjacent to an activating group) is 1. The van der Waals surface area contributed by atoms with Crippen molar-refractivity contribution in [2.75, 3.05) is 180 Å². The molecule has 0 aromatic heterocycles. The maximum Gasteiger partial charge on any atom is 0.183 e. The van der Waals surface area contributed by atoms with Gasteiger partial charge in [-0.25, -0.2) is 0 Å². The van der Waals surface area contributed by atoms with E-state index in [0.717, 1.165) is 13.1 Å². The molecule has 40 heavy (non-hydrogen) atoms. The topological polar surface area (TPSA) is 111 Å². The lowest BCUT2D eigenvalue weighted by molar-refractivity contribution is -0.928. The van der Waals surface area contributed by atoms with E-state index in [2.05, 4.69) is 7.05 Å². The van der Waals surface area contributed by atoms with Gasteiger partial charge in [0.1, 0.15) is 13.1 Å². The molecule has 0 bridgehead atoms. The van der Waals surface area contributed by atoms with Gasteiger partial charge in [0.05, 0.1) is 139 Å². The molecular weight excluding hydrogens is 530 g/mol. The van der Waals surface area contributed by atoms with Gasteiger partial charge >= 0.3 is 0 Å². The van der Waals surface area contributed by atoms with Gasteiger partial charge in [-0.1, -0.05) is 0 Å². The van der Waals surface area contributed by atoms with Crippen LogP contribution in [0.25, 0.3) is 0 Å². The monoisotopic (exact) mass is 588 g/mol. The van der Waals surface area contributed by atoms with E-state index in [0.29, 0.717) is 143 Å². The summed E-state index contributed by atoms with van der Waals surface area (Å²) < 4.78 is 65.7. The van der Waals surface area contributed by atoms with E-state index in [4.69, 9.17) is 56.8 Å². The first-order chi connectivity index (χ1) is 19.7. The molecule has 0 aromatic rings. The maximum absolute atomic E-state index is 5.93. The molecule has 0 saturated heterocycles. The molecule has 0 rings (SSSR count). The van der Waals surface area contributed by atoms with E-state index in [9.17, 15) is 0 Å². The van der Waals surface area contributed by atoms with E-state index in [1.165, 1.54) is 0 Å². The van der Waals surface area contributed by atoms with Crippen LogP contribution in [0.5, 0.6) is 0 Å². The Labute approximate surface area is 242 Å². The van der Waals surface area contributed by atoms with Gasteiger partial charge in [0.15, 0.2) is 6.73 Å². The van der Waals surface area contributed by atoms with Gasteiger partial charge in [0.2, 0.25) is 0 Å². The SMILES string of the molecule is COCCOCCOCCOCC[N+](C)(CCOCCOCCOCCOC)COCCOCCOCCOC. The lowest BCUT2D eigenvalue weighted by Crippen LogP contribution is -2.50. The number of hydrogen-bond donors (Lipinski definition) is 0. The minimum absolute atomic E-state index is 0.508. The number of quaternary nitrogens is 1. The molecule has 0 heterocycles. The third kappa shape index (κ3) is 30.4. The quantitative estimate of drug-likeness (QED) is 0.0583. The lowest BCUT2D eigenvalue weighted by atomic mass is 10.4. The molecule has 0 radical (unpaired) electrons. The molecule has 13 nitrogen and oxygen atoms in total. The second-order valence-corrected chi connectivity index (χ2v) is 8.98. The standard InChI is InChI=1S/C27H58NO12/c1-28(27-40-26-25-39-24-21-36-14-11-31-4,5-7-32-15-17-37-22-19-34-12-9-29-2)6-8-33-16-18-38-23-20-35-13-10-30-3/h5-27H2,1-4H3/q+1. The van der Waals surface area contributed by atoms with Gasteiger partial charge in [-0.3, -0.25) is 4.48 Å². The first-order valence-electron chi connectivity index (χ1n) is 14.2. The summed E-state index contributed by atoms with van der Waals surface area (Å²) in [5, 5.41) is 0. The summed E-state index contributed by atoms with van der Waals surface area (Å²) in [5.74, 6) is 0. The van der Waals surface area contributed by atoms with Gasteiger partial charge in [-0.15, -0.1) is 0 Å². The highest BCUT2D eigenvalue weighted by atomic mass is 16.6. The predicted molar refractivity (Wildman–Crippen MR) is 149 cm³/mol. The summed E-state index contributed by atoms with van der Waals surface area (Å²) in [5.41, 5.74) is 0. The Hall–Kier alpha value is -0.520. The van der Waals surface area contributed by atoms with Crippen molar-refractivity contribution in [2.24, 2.45) is 0 Å². The molecule has 0 spiro atoms. The molecule has 0 aliphatic heterocycles. The second-order valence-electron chi connectivity index (χ2n) is 8.98. The van der Waals surface area contributed by atoms with Crippen LogP contribution < -0.4 is 0 Å². The van der Waals surface area contributed by atoms with Crippen molar-refractivity contribution in [3.8, 4) is 0 Å². The minimum atomic E-state index is 0.508. The zero-order valence-corrected chi connectivity index (χ0v) is 25.6. The smallest absolute Gasteiger partial charge is 0.183 e. The van der Waals surface area contributed by atoms with E-state index in [-0.39, 0.29) is 0 Å². The molecule has 0 aromatic carbocycles. The number of nitrogens with zero attached hydrogens (tertiary/aromatic N) is 1. The minimum Gasteiger partial charge on any atom is -0.382 e. The van der Waals surface area contributed by atoms with Crippen LogP contribution in [-0.2, 0) is 56.8 Å². The first kappa shape index (κ1) is 39.5.